The van der Waals surface area contributed by atoms with Crippen LogP contribution in [-0.2, 0) is 4.74 Å². The number of imide groups is 1. The first-order valence-corrected chi connectivity index (χ1v) is 10.8. The Morgan fingerprint density at radius 1 is 1.06 bits per heavy atom. The number of benzene rings is 1. The van der Waals surface area contributed by atoms with Crippen LogP contribution in [0.5, 0.6) is 0 Å². The molecule has 0 saturated carbocycles. The predicted octanol–water partition coefficient (Wildman–Crippen LogP) is 4.30. The lowest BCUT2D eigenvalue weighted by Crippen LogP contribution is -2.33. The summed E-state index contributed by atoms with van der Waals surface area (Å²) in [5, 5.41) is 4.91. The number of carbonyl (C=O) groups excluding carboxylic acids is 3. The first-order chi connectivity index (χ1) is 16.3. The van der Waals surface area contributed by atoms with Gasteiger partial charge in [0, 0.05) is 11.6 Å². The minimum absolute atomic E-state index is 0.00894. The Kier molecular flexibility index (Phi) is 5.04. The minimum atomic E-state index is -0.689. The SMILES string of the molecule is Cc1cc(-c2cc(C(=O)OCN3C(=O)c4ccccc4C3=O)c3cnn(C(C)C)c3n2)c(C)o1. The van der Waals surface area contributed by atoms with Gasteiger partial charge >= 0.3 is 5.97 Å². The second-order valence-corrected chi connectivity index (χ2v) is 8.45. The number of hydrogen-bond donors (Lipinski definition) is 0. The van der Waals surface area contributed by atoms with E-state index in [4.69, 9.17) is 14.1 Å². The number of nitrogens with zero attached hydrogens (tertiary/aromatic N) is 4. The molecule has 1 aliphatic heterocycles. The largest absolute Gasteiger partial charge is 0.466 e. The number of hydrogen-bond acceptors (Lipinski definition) is 7. The molecule has 0 spiro atoms. The molecule has 9 heteroatoms. The summed E-state index contributed by atoms with van der Waals surface area (Å²) in [5.41, 5.74) is 2.64. The highest BCUT2D eigenvalue weighted by molar-refractivity contribution is 6.21. The van der Waals surface area contributed by atoms with E-state index in [0.29, 0.717) is 33.6 Å². The van der Waals surface area contributed by atoms with Crippen LogP contribution >= 0.6 is 0 Å². The third kappa shape index (κ3) is 3.37. The Bertz CT molecular complexity index is 1440. The number of carbonyl (C=O) groups is 3. The molecule has 3 aromatic heterocycles. The van der Waals surface area contributed by atoms with Crippen molar-refractivity contribution in [2.75, 3.05) is 6.73 Å². The Balaban J connectivity index is 1.50. The summed E-state index contributed by atoms with van der Waals surface area (Å²) >= 11 is 0. The lowest BCUT2D eigenvalue weighted by molar-refractivity contribution is 0.0229. The van der Waals surface area contributed by atoms with E-state index in [1.165, 1.54) is 0 Å². The number of fused-ring (bicyclic) bond motifs is 2. The third-order valence-corrected chi connectivity index (χ3v) is 5.80. The van der Waals surface area contributed by atoms with E-state index >= 15 is 0 Å². The predicted molar refractivity (Wildman–Crippen MR) is 122 cm³/mol. The fraction of sp³-hybridized carbons (Fsp3) is 0.240. The van der Waals surface area contributed by atoms with Gasteiger partial charge in [-0.15, -0.1) is 0 Å². The number of aryl methyl sites for hydroxylation is 2. The molecule has 0 bridgehead atoms. The molecule has 0 N–H and O–H groups in total. The lowest BCUT2D eigenvalue weighted by Gasteiger charge is -2.15. The zero-order chi connectivity index (χ0) is 24.1. The molecule has 5 rings (SSSR count). The Labute approximate surface area is 194 Å². The minimum Gasteiger partial charge on any atom is -0.466 e. The van der Waals surface area contributed by atoms with E-state index in [2.05, 4.69) is 5.10 Å². The number of amides is 2. The van der Waals surface area contributed by atoms with Gasteiger partial charge in [-0.2, -0.15) is 5.10 Å². The van der Waals surface area contributed by atoms with E-state index in [9.17, 15) is 14.4 Å². The molecule has 2 amide bonds. The number of pyridine rings is 1. The molecule has 4 aromatic rings. The summed E-state index contributed by atoms with van der Waals surface area (Å²) in [4.78, 5) is 44.1. The molecule has 4 heterocycles. The molecule has 1 aromatic carbocycles. The summed E-state index contributed by atoms with van der Waals surface area (Å²) in [6.45, 7) is 7.11. The molecule has 0 saturated heterocycles. The molecule has 0 radical (unpaired) electrons. The van der Waals surface area contributed by atoms with E-state index in [1.807, 2.05) is 33.8 Å². The summed E-state index contributed by atoms with van der Waals surface area (Å²) in [7, 11) is 0. The van der Waals surface area contributed by atoms with E-state index in [-0.39, 0.29) is 11.6 Å². The first kappa shape index (κ1) is 21.6. The fourth-order valence-corrected chi connectivity index (χ4v) is 4.15. The smallest absolute Gasteiger partial charge is 0.340 e. The number of rotatable bonds is 5. The molecule has 0 fully saturated rings. The van der Waals surface area contributed by atoms with Crippen LogP contribution in [0.25, 0.3) is 22.3 Å². The van der Waals surface area contributed by atoms with Gasteiger partial charge in [0.2, 0.25) is 0 Å². The third-order valence-electron chi connectivity index (χ3n) is 5.80. The fourth-order valence-electron chi connectivity index (χ4n) is 4.15. The summed E-state index contributed by atoms with van der Waals surface area (Å²) < 4.78 is 12.8. The van der Waals surface area contributed by atoms with Gasteiger partial charge in [0.1, 0.15) is 11.5 Å². The average Bonchev–Trinajstić information content (AvgIpc) is 3.46. The molecule has 1 aliphatic rings. The van der Waals surface area contributed by atoms with Crippen LogP contribution in [0.2, 0.25) is 0 Å². The van der Waals surface area contributed by atoms with E-state index in [0.717, 1.165) is 16.2 Å². The zero-order valence-corrected chi connectivity index (χ0v) is 19.2. The van der Waals surface area contributed by atoms with E-state index in [1.54, 1.807) is 41.2 Å². The van der Waals surface area contributed by atoms with Crippen LogP contribution in [-0.4, -0.2) is 44.2 Å². The molecular formula is C25H22N4O5. The van der Waals surface area contributed by atoms with Gasteiger partial charge in [0.05, 0.1) is 34.0 Å². The maximum atomic E-state index is 13.2. The lowest BCUT2D eigenvalue weighted by atomic mass is 10.1. The van der Waals surface area contributed by atoms with Gasteiger partial charge in [-0.25, -0.2) is 19.4 Å². The normalized spacial score (nSPS) is 13.3. The van der Waals surface area contributed by atoms with E-state index < -0.39 is 24.5 Å². The van der Waals surface area contributed by atoms with Crippen LogP contribution in [0.15, 0.2) is 47.0 Å². The van der Waals surface area contributed by atoms with Gasteiger partial charge in [-0.3, -0.25) is 9.59 Å². The monoisotopic (exact) mass is 458 g/mol. The van der Waals surface area contributed by atoms with Crippen molar-refractivity contribution in [2.24, 2.45) is 0 Å². The van der Waals surface area contributed by atoms with Gasteiger partial charge in [0.25, 0.3) is 11.8 Å². The first-order valence-electron chi connectivity index (χ1n) is 10.8. The van der Waals surface area contributed by atoms with Crippen molar-refractivity contribution in [3.8, 4) is 11.3 Å². The summed E-state index contributed by atoms with van der Waals surface area (Å²) in [5.74, 6) is -0.282. The Hall–Kier alpha value is -4.27. The molecular weight excluding hydrogens is 436 g/mol. The molecule has 0 unspecified atom stereocenters. The van der Waals surface area contributed by atoms with Crippen LogP contribution < -0.4 is 0 Å². The molecule has 34 heavy (non-hydrogen) atoms. The van der Waals surface area contributed by atoms with Crippen LogP contribution in [0.3, 0.4) is 0 Å². The summed E-state index contributed by atoms with van der Waals surface area (Å²) in [6.07, 6.45) is 1.57. The number of ether oxygens (including phenoxy) is 1. The Morgan fingerprint density at radius 2 is 1.74 bits per heavy atom. The quantitative estimate of drug-likeness (QED) is 0.324. The topological polar surface area (TPSA) is 108 Å². The average molecular weight is 458 g/mol. The standard InChI is InChI=1S/C25H22N4O5/c1-13(2)29-22-20(11-26-29)19(10-21(27-22)18-9-14(3)34-15(18)4)25(32)33-12-28-23(30)16-7-5-6-8-17(16)24(28)31/h5-11,13H,12H2,1-4H3. The van der Waals surface area contributed by atoms with Crippen LogP contribution in [0.4, 0.5) is 0 Å². The second-order valence-electron chi connectivity index (χ2n) is 8.45. The highest BCUT2D eigenvalue weighted by Crippen LogP contribution is 2.30. The summed E-state index contributed by atoms with van der Waals surface area (Å²) in [6, 6.07) is 10.00. The van der Waals surface area contributed by atoms with Gasteiger partial charge in [0.15, 0.2) is 12.4 Å². The van der Waals surface area contributed by atoms with Crippen molar-refractivity contribution < 1.29 is 23.5 Å². The molecule has 172 valence electrons. The molecule has 0 aliphatic carbocycles. The van der Waals surface area contributed by atoms with Crippen molar-refractivity contribution in [1.82, 2.24) is 19.7 Å². The molecule has 9 nitrogen and oxygen atoms in total. The molecule has 0 atom stereocenters. The Morgan fingerprint density at radius 3 is 2.32 bits per heavy atom. The number of furan rings is 1. The van der Waals surface area contributed by atoms with Gasteiger partial charge in [-0.05, 0) is 52.0 Å². The second kappa shape index (κ2) is 7.95. The number of aromatic nitrogens is 3. The van der Waals surface area contributed by atoms with Crippen molar-refractivity contribution in [1.29, 1.82) is 0 Å². The highest BCUT2D eigenvalue weighted by Gasteiger charge is 2.36. The highest BCUT2D eigenvalue weighted by atomic mass is 16.5. The zero-order valence-electron chi connectivity index (χ0n) is 19.2. The maximum absolute atomic E-state index is 13.2. The van der Waals surface area contributed by atoms with Crippen molar-refractivity contribution in [3.05, 3.63) is 70.8 Å². The van der Waals surface area contributed by atoms with Crippen molar-refractivity contribution in [2.45, 2.75) is 33.7 Å². The van der Waals surface area contributed by atoms with Gasteiger partial charge < -0.3 is 9.15 Å². The van der Waals surface area contributed by atoms with Crippen LogP contribution in [0.1, 0.15) is 62.5 Å². The maximum Gasteiger partial charge on any atom is 0.340 e. The van der Waals surface area contributed by atoms with Gasteiger partial charge in [-0.1, -0.05) is 12.1 Å². The van der Waals surface area contributed by atoms with Crippen molar-refractivity contribution in [3.63, 3.8) is 0 Å². The number of esters is 1. The van der Waals surface area contributed by atoms with Crippen LogP contribution in [0, 0.1) is 13.8 Å². The van der Waals surface area contributed by atoms with Crippen molar-refractivity contribution >= 4 is 28.8 Å².